The molecule has 5 nitrogen and oxygen atoms in total. The molecule has 0 aliphatic carbocycles. The zero-order valence-electron chi connectivity index (χ0n) is 17.4. The van der Waals surface area contributed by atoms with Crippen LogP contribution in [-0.2, 0) is 22.3 Å². The molecule has 0 atom stereocenters. The van der Waals surface area contributed by atoms with Gasteiger partial charge in [0.1, 0.15) is 0 Å². The number of fused-ring (bicyclic) bond motifs is 1. The molecule has 8 heteroatoms. The lowest BCUT2D eigenvalue weighted by atomic mass is 10.2. The Bertz CT molecular complexity index is 1100. The van der Waals surface area contributed by atoms with Gasteiger partial charge in [0, 0.05) is 23.9 Å². The molecule has 0 aliphatic heterocycles. The topological polar surface area (TPSA) is 64.0 Å². The van der Waals surface area contributed by atoms with Gasteiger partial charge in [-0.3, -0.25) is 0 Å². The smallest absolute Gasteiger partial charge is 0.240 e. The first-order chi connectivity index (χ1) is 14.4. The molecular formula is C22H28ClN3O2S2. The highest BCUT2D eigenvalue weighted by atomic mass is 35.5. The summed E-state index contributed by atoms with van der Waals surface area (Å²) in [7, 11) is -3.53. The van der Waals surface area contributed by atoms with Gasteiger partial charge in [-0.05, 0) is 48.7 Å². The lowest BCUT2D eigenvalue weighted by molar-refractivity contribution is 0.578. The van der Waals surface area contributed by atoms with Gasteiger partial charge in [0.15, 0.2) is 5.16 Å². The van der Waals surface area contributed by atoms with Crippen molar-refractivity contribution in [3.05, 3.63) is 53.1 Å². The van der Waals surface area contributed by atoms with Crippen molar-refractivity contribution in [2.24, 2.45) is 0 Å². The van der Waals surface area contributed by atoms with Crippen molar-refractivity contribution in [3.8, 4) is 0 Å². The first kappa shape index (κ1) is 23.1. The molecule has 1 heterocycles. The minimum Gasteiger partial charge on any atom is -0.319 e. The molecule has 0 radical (unpaired) electrons. The summed E-state index contributed by atoms with van der Waals surface area (Å²) in [5.41, 5.74) is 2.80. The Labute approximate surface area is 188 Å². The molecule has 3 aromatic rings. The van der Waals surface area contributed by atoms with Crippen LogP contribution in [0.5, 0.6) is 0 Å². The van der Waals surface area contributed by atoms with E-state index in [-0.39, 0.29) is 4.90 Å². The van der Waals surface area contributed by atoms with Crippen molar-refractivity contribution in [2.75, 3.05) is 6.54 Å². The second-order valence-electron chi connectivity index (χ2n) is 7.22. The molecule has 0 amide bonds. The summed E-state index contributed by atoms with van der Waals surface area (Å²) < 4.78 is 30.0. The van der Waals surface area contributed by atoms with Crippen molar-refractivity contribution in [2.45, 2.75) is 61.9 Å². The largest absolute Gasteiger partial charge is 0.319 e. The van der Waals surface area contributed by atoms with Gasteiger partial charge in [-0.25, -0.2) is 18.1 Å². The lowest BCUT2D eigenvalue weighted by Crippen LogP contribution is -2.24. The summed E-state index contributed by atoms with van der Waals surface area (Å²) in [6.45, 7) is 5.49. The molecule has 0 aliphatic rings. The number of hydrogen-bond donors (Lipinski definition) is 1. The number of benzene rings is 2. The van der Waals surface area contributed by atoms with Gasteiger partial charge in [0.05, 0.1) is 15.9 Å². The van der Waals surface area contributed by atoms with Crippen LogP contribution in [0.3, 0.4) is 0 Å². The Hall–Kier alpha value is -1.54. The Morgan fingerprint density at radius 2 is 1.90 bits per heavy atom. The third-order valence-electron chi connectivity index (χ3n) is 4.81. The SMILES string of the molecule is CCCCNS(=O)(=O)c1ccc2c(c1)nc(SCc1cccc(Cl)c1)n2CCCC. The van der Waals surface area contributed by atoms with Crippen molar-refractivity contribution < 1.29 is 8.42 Å². The zero-order chi connectivity index (χ0) is 21.6. The number of nitrogens with one attached hydrogen (secondary N) is 1. The number of rotatable bonds is 11. The predicted octanol–water partition coefficient (Wildman–Crippen LogP) is 5.86. The molecule has 30 heavy (non-hydrogen) atoms. The van der Waals surface area contributed by atoms with Gasteiger partial charge in [-0.1, -0.05) is 62.2 Å². The van der Waals surface area contributed by atoms with Crippen molar-refractivity contribution >= 4 is 44.4 Å². The van der Waals surface area contributed by atoms with Gasteiger partial charge in [-0.15, -0.1) is 0 Å². The van der Waals surface area contributed by atoms with Gasteiger partial charge in [-0.2, -0.15) is 0 Å². The predicted molar refractivity (Wildman–Crippen MR) is 126 cm³/mol. The van der Waals surface area contributed by atoms with Gasteiger partial charge in [0.25, 0.3) is 0 Å². The van der Waals surface area contributed by atoms with E-state index in [9.17, 15) is 8.42 Å². The minimum atomic E-state index is -3.53. The molecule has 0 saturated heterocycles. The maximum Gasteiger partial charge on any atom is 0.240 e. The molecule has 0 unspecified atom stereocenters. The zero-order valence-corrected chi connectivity index (χ0v) is 19.8. The van der Waals surface area contributed by atoms with Crippen LogP contribution in [0.15, 0.2) is 52.5 Å². The average molecular weight is 466 g/mol. The van der Waals surface area contributed by atoms with Crippen LogP contribution in [0.2, 0.25) is 5.02 Å². The molecule has 0 bridgehead atoms. The summed E-state index contributed by atoms with van der Waals surface area (Å²) in [5.74, 6) is 0.750. The van der Waals surface area contributed by atoms with Gasteiger partial charge < -0.3 is 4.57 Å². The maximum absolute atomic E-state index is 12.6. The number of thioether (sulfide) groups is 1. The van der Waals surface area contributed by atoms with Crippen molar-refractivity contribution in [3.63, 3.8) is 0 Å². The highest BCUT2D eigenvalue weighted by Crippen LogP contribution is 2.29. The molecule has 2 aromatic carbocycles. The second kappa shape index (κ2) is 10.7. The van der Waals surface area contributed by atoms with E-state index < -0.39 is 10.0 Å². The quantitative estimate of drug-likeness (QED) is 0.284. The van der Waals surface area contributed by atoms with Crippen LogP contribution < -0.4 is 4.72 Å². The molecule has 1 N–H and O–H groups in total. The molecule has 3 rings (SSSR count). The number of nitrogens with zero attached hydrogens (tertiary/aromatic N) is 2. The minimum absolute atomic E-state index is 0.262. The fourth-order valence-corrected chi connectivity index (χ4v) is 5.43. The average Bonchev–Trinajstić information content (AvgIpc) is 3.07. The standard InChI is InChI=1S/C22H28ClN3O2S2/c1-3-5-12-24-30(27,28)19-10-11-21-20(15-19)25-22(26(21)13-6-4-2)29-16-17-8-7-9-18(23)14-17/h7-11,14-15,24H,3-6,12-13,16H2,1-2H3. The normalized spacial score (nSPS) is 12.0. The molecule has 1 aromatic heterocycles. The number of aromatic nitrogens is 2. The summed E-state index contributed by atoms with van der Waals surface area (Å²) >= 11 is 7.75. The third kappa shape index (κ3) is 5.78. The Morgan fingerprint density at radius 3 is 2.63 bits per heavy atom. The summed E-state index contributed by atoms with van der Waals surface area (Å²) in [4.78, 5) is 5.04. The van der Waals surface area contributed by atoms with Crippen LogP contribution in [0.25, 0.3) is 11.0 Å². The maximum atomic E-state index is 12.6. The molecule has 162 valence electrons. The van der Waals surface area contributed by atoms with E-state index in [0.717, 1.165) is 59.2 Å². The van der Waals surface area contributed by atoms with E-state index in [0.29, 0.717) is 12.1 Å². The number of halogens is 1. The fraction of sp³-hybridized carbons (Fsp3) is 0.409. The third-order valence-corrected chi connectivity index (χ3v) is 7.55. The first-order valence-electron chi connectivity index (χ1n) is 10.3. The highest BCUT2D eigenvalue weighted by Gasteiger charge is 2.17. The van der Waals surface area contributed by atoms with E-state index in [4.69, 9.17) is 16.6 Å². The van der Waals surface area contributed by atoms with E-state index in [1.54, 1.807) is 23.9 Å². The van der Waals surface area contributed by atoms with Crippen LogP contribution in [0, 0.1) is 0 Å². The van der Waals surface area contributed by atoms with Gasteiger partial charge in [0.2, 0.25) is 10.0 Å². The number of hydrogen-bond acceptors (Lipinski definition) is 4. The van der Waals surface area contributed by atoms with Crippen LogP contribution in [0.4, 0.5) is 0 Å². The highest BCUT2D eigenvalue weighted by molar-refractivity contribution is 7.98. The van der Waals surface area contributed by atoms with Crippen LogP contribution >= 0.6 is 23.4 Å². The number of imidazole rings is 1. The number of unbranched alkanes of at least 4 members (excludes halogenated alkanes) is 2. The summed E-state index contributed by atoms with van der Waals surface area (Å²) in [6, 6.07) is 13.0. The van der Waals surface area contributed by atoms with Gasteiger partial charge >= 0.3 is 0 Å². The molecular weight excluding hydrogens is 438 g/mol. The summed E-state index contributed by atoms with van der Waals surface area (Å²) in [6.07, 6.45) is 3.87. The molecule has 0 saturated carbocycles. The Balaban J connectivity index is 1.89. The second-order valence-corrected chi connectivity index (χ2v) is 10.4. The first-order valence-corrected chi connectivity index (χ1v) is 13.2. The summed E-state index contributed by atoms with van der Waals surface area (Å²) in [5, 5.41) is 1.62. The van der Waals surface area contributed by atoms with Crippen LogP contribution in [-0.4, -0.2) is 24.5 Å². The van der Waals surface area contributed by atoms with E-state index in [1.165, 1.54) is 0 Å². The van der Waals surface area contributed by atoms with E-state index >= 15 is 0 Å². The van der Waals surface area contributed by atoms with Crippen LogP contribution in [0.1, 0.15) is 45.1 Å². The fourth-order valence-electron chi connectivity index (χ4n) is 3.14. The number of aryl methyl sites for hydroxylation is 1. The number of sulfonamides is 1. The lowest BCUT2D eigenvalue weighted by Gasteiger charge is -2.09. The van der Waals surface area contributed by atoms with Crippen molar-refractivity contribution in [1.82, 2.24) is 14.3 Å². The Morgan fingerprint density at radius 1 is 1.10 bits per heavy atom. The monoisotopic (exact) mass is 465 g/mol. The van der Waals surface area contributed by atoms with E-state index in [1.807, 2.05) is 37.3 Å². The molecule has 0 spiro atoms. The Kier molecular flexibility index (Phi) is 8.22. The molecule has 0 fully saturated rings. The van der Waals surface area contributed by atoms with E-state index in [2.05, 4.69) is 16.2 Å². The van der Waals surface area contributed by atoms with Crippen molar-refractivity contribution in [1.29, 1.82) is 0 Å².